The van der Waals surface area contributed by atoms with Crippen molar-refractivity contribution in [3.63, 3.8) is 0 Å². The number of aromatic nitrogens is 2. The van der Waals surface area contributed by atoms with Crippen molar-refractivity contribution in [2.24, 2.45) is 0 Å². The van der Waals surface area contributed by atoms with Crippen molar-refractivity contribution in [3.05, 3.63) is 51.9 Å². The van der Waals surface area contributed by atoms with Gasteiger partial charge in [-0.1, -0.05) is 28.1 Å². The third kappa shape index (κ3) is 2.95. The predicted molar refractivity (Wildman–Crippen MR) is 80.1 cm³/mol. The van der Waals surface area contributed by atoms with Crippen LogP contribution in [-0.4, -0.2) is 9.97 Å². The number of halogens is 1. The number of hydrogen-bond acceptors (Lipinski definition) is 3. The molecule has 1 aromatic carbocycles. The molecule has 0 saturated heterocycles. The van der Waals surface area contributed by atoms with Crippen molar-refractivity contribution in [3.8, 4) is 0 Å². The fourth-order valence-corrected chi connectivity index (χ4v) is 2.73. The third-order valence-electron chi connectivity index (χ3n) is 3.50. The van der Waals surface area contributed by atoms with Crippen LogP contribution in [0.25, 0.3) is 0 Å². The largest absolute Gasteiger partial charge is 0.366 e. The van der Waals surface area contributed by atoms with Gasteiger partial charge in [-0.15, -0.1) is 0 Å². The lowest BCUT2D eigenvalue weighted by Crippen LogP contribution is -2.12. The van der Waals surface area contributed by atoms with E-state index < -0.39 is 0 Å². The van der Waals surface area contributed by atoms with Crippen molar-refractivity contribution in [1.82, 2.24) is 9.97 Å². The Kier molecular flexibility index (Phi) is 3.78. The second kappa shape index (κ2) is 5.70. The normalized spacial score (nSPS) is 13.9. The number of anilines is 1. The molecule has 0 atom stereocenters. The van der Waals surface area contributed by atoms with E-state index in [4.69, 9.17) is 0 Å². The highest BCUT2D eigenvalue weighted by Gasteiger charge is 2.14. The van der Waals surface area contributed by atoms with Crippen LogP contribution in [0.3, 0.4) is 0 Å². The molecular formula is C15H16BrN3. The van der Waals surface area contributed by atoms with Gasteiger partial charge >= 0.3 is 0 Å². The Morgan fingerprint density at radius 3 is 2.68 bits per heavy atom. The molecule has 0 aliphatic heterocycles. The third-order valence-corrected chi connectivity index (χ3v) is 4.03. The smallest absolute Gasteiger partial charge is 0.133 e. The van der Waals surface area contributed by atoms with Crippen molar-refractivity contribution in [2.45, 2.75) is 32.2 Å². The van der Waals surface area contributed by atoms with E-state index in [1.165, 1.54) is 29.7 Å². The van der Waals surface area contributed by atoms with Gasteiger partial charge in [0.1, 0.15) is 12.1 Å². The van der Waals surface area contributed by atoms with Crippen LogP contribution in [0.4, 0.5) is 5.82 Å². The van der Waals surface area contributed by atoms with Gasteiger partial charge in [0.2, 0.25) is 0 Å². The van der Waals surface area contributed by atoms with Crippen LogP contribution in [-0.2, 0) is 19.4 Å². The van der Waals surface area contributed by atoms with E-state index in [1.807, 2.05) is 0 Å². The fraction of sp³-hybridized carbons (Fsp3) is 0.333. The number of rotatable bonds is 3. The highest BCUT2D eigenvalue weighted by molar-refractivity contribution is 9.10. The van der Waals surface area contributed by atoms with E-state index in [0.717, 1.165) is 29.7 Å². The number of fused-ring (bicyclic) bond motifs is 1. The summed E-state index contributed by atoms with van der Waals surface area (Å²) in [6.07, 6.45) is 6.35. The second-order valence-electron chi connectivity index (χ2n) is 4.83. The Morgan fingerprint density at radius 2 is 1.84 bits per heavy atom. The number of nitrogens with one attached hydrogen (secondary N) is 1. The Morgan fingerprint density at radius 1 is 1.05 bits per heavy atom. The topological polar surface area (TPSA) is 37.8 Å². The zero-order valence-electron chi connectivity index (χ0n) is 10.7. The summed E-state index contributed by atoms with van der Waals surface area (Å²) in [5.74, 6) is 1.01. The summed E-state index contributed by atoms with van der Waals surface area (Å²) in [5, 5.41) is 3.44. The van der Waals surface area contributed by atoms with Crippen LogP contribution in [0.15, 0.2) is 35.1 Å². The molecule has 1 aromatic heterocycles. The summed E-state index contributed by atoms with van der Waals surface area (Å²) in [4.78, 5) is 8.78. The van der Waals surface area contributed by atoms with Gasteiger partial charge in [0, 0.05) is 22.3 Å². The maximum atomic E-state index is 4.39. The maximum Gasteiger partial charge on any atom is 0.133 e. The van der Waals surface area contributed by atoms with Gasteiger partial charge in [-0.3, -0.25) is 0 Å². The molecule has 3 nitrogen and oxygen atoms in total. The summed E-state index contributed by atoms with van der Waals surface area (Å²) in [6, 6.07) is 8.36. The molecule has 1 aliphatic carbocycles. The Labute approximate surface area is 121 Å². The monoisotopic (exact) mass is 317 g/mol. The van der Waals surface area contributed by atoms with E-state index in [-0.39, 0.29) is 0 Å². The molecule has 1 N–H and O–H groups in total. The molecule has 4 heteroatoms. The molecular weight excluding hydrogens is 302 g/mol. The van der Waals surface area contributed by atoms with Gasteiger partial charge in [-0.2, -0.15) is 0 Å². The quantitative estimate of drug-likeness (QED) is 0.937. The first-order valence-electron chi connectivity index (χ1n) is 6.64. The first kappa shape index (κ1) is 12.6. The highest BCUT2D eigenvalue weighted by atomic mass is 79.9. The second-order valence-corrected chi connectivity index (χ2v) is 5.75. The van der Waals surface area contributed by atoms with Crippen LogP contribution in [0.5, 0.6) is 0 Å². The van der Waals surface area contributed by atoms with E-state index in [2.05, 4.69) is 55.5 Å². The van der Waals surface area contributed by atoms with Crippen molar-refractivity contribution in [1.29, 1.82) is 0 Å². The van der Waals surface area contributed by atoms with E-state index >= 15 is 0 Å². The van der Waals surface area contributed by atoms with Gasteiger partial charge in [-0.25, -0.2) is 9.97 Å². The molecule has 0 unspecified atom stereocenters. The minimum atomic E-state index is 0.802. The fourth-order valence-electron chi connectivity index (χ4n) is 2.46. The first-order chi connectivity index (χ1) is 9.33. The molecule has 1 aliphatic rings. The number of nitrogens with zero attached hydrogens (tertiary/aromatic N) is 2. The summed E-state index contributed by atoms with van der Waals surface area (Å²) < 4.78 is 1.11. The zero-order chi connectivity index (χ0) is 13.1. The van der Waals surface area contributed by atoms with Crippen molar-refractivity contribution >= 4 is 21.7 Å². The van der Waals surface area contributed by atoms with Crippen LogP contribution in [0.1, 0.15) is 29.7 Å². The average Bonchev–Trinajstić information content (AvgIpc) is 2.47. The number of hydrogen-bond donors (Lipinski definition) is 1. The van der Waals surface area contributed by atoms with E-state index in [9.17, 15) is 0 Å². The van der Waals surface area contributed by atoms with E-state index in [1.54, 1.807) is 6.33 Å². The lowest BCUT2D eigenvalue weighted by atomic mass is 9.96. The van der Waals surface area contributed by atoms with Crippen LogP contribution >= 0.6 is 15.9 Å². The molecule has 0 fully saturated rings. The average molecular weight is 318 g/mol. The Hall–Kier alpha value is -1.42. The van der Waals surface area contributed by atoms with Gasteiger partial charge in [0.05, 0.1) is 0 Å². The summed E-state index contributed by atoms with van der Waals surface area (Å²) in [5.41, 5.74) is 3.79. The molecule has 0 saturated carbocycles. The number of aryl methyl sites for hydroxylation is 1. The lowest BCUT2D eigenvalue weighted by Gasteiger charge is -2.18. The molecule has 1 heterocycles. The van der Waals surface area contributed by atoms with Crippen LogP contribution < -0.4 is 5.32 Å². The lowest BCUT2D eigenvalue weighted by molar-refractivity contribution is 0.663. The van der Waals surface area contributed by atoms with Gasteiger partial charge < -0.3 is 5.32 Å². The number of benzene rings is 1. The summed E-state index contributed by atoms with van der Waals surface area (Å²) in [7, 11) is 0. The van der Waals surface area contributed by atoms with Gasteiger partial charge in [-0.05, 0) is 43.4 Å². The molecule has 2 aromatic rings. The summed E-state index contributed by atoms with van der Waals surface area (Å²) in [6.45, 7) is 0.802. The zero-order valence-corrected chi connectivity index (χ0v) is 12.3. The molecule has 0 bridgehead atoms. The van der Waals surface area contributed by atoms with Crippen molar-refractivity contribution < 1.29 is 0 Å². The molecule has 0 radical (unpaired) electrons. The van der Waals surface area contributed by atoms with Gasteiger partial charge in [0.25, 0.3) is 0 Å². The molecule has 0 amide bonds. The highest BCUT2D eigenvalue weighted by Crippen LogP contribution is 2.24. The summed E-state index contributed by atoms with van der Waals surface area (Å²) >= 11 is 3.45. The SMILES string of the molecule is Brc1ccc(CNc2ncnc3c2CCCC3)cc1. The first-order valence-corrected chi connectivity index (χ1v) is 7.43. The predicted octanol–water partition coefficient (Wildman–Crippen LogP) is 3.73. The minimum absolute atomic E-state index is 0.802. The maximum absolute atomic E-state index is 4.39. The molecule has 19 heavy (non-hydrogen) atoms. The van der Waals surface area contributed by atoms with E-state index in [0.29, 0.717) is 0 Å². The Balaban J connectivity index is 1.75. The minimum Gasteiger partial charge on any atom is -0.366 e. The molecule has 3 rings (SSSR count). The van der Waals surface area contributed by atoms with Gasteiger partial charge in [0.15, 0.2) is 0 Å². The standard InChI is InChI=1S/C15H16BrN3/c16-12-7-5-11(6-8-12)9-17-15-13-3-1-2-4-14(13)18-10-19-15/h5-8,10H,1-4,9H2,(H,17,18,19). The van der Waals surface area contributed by atoms with Crippen molar-refractivity contribution in [2.75, 3.05) is 5.32 Å². The Bertz CT molecular complexity index is 566. The molecule has 0 spiro atoms. The molecule has 98 valence electrons. The van der Waals surface area contributed by atoms with Crippen LogP contribution in [0.2, 0.25) is 0 Å². The van der Waals surface area contributed by atoms with Crippen LogP contribution in [0, 0.1) is 0 Å².